The second-order valence-corrected chi connectivity index (χ2v) is 5.53. The van der Waals surface area contributed by atoms with Crippen molar-refractivity contribution in [3.63, 3.8) is 0 Å². The highest BCUT2D eigenvalue weighted by atomic mass is 19.1. The standard InChI is InChI=1S/C15H18FNO3/c16-11-3-4-13-10(8-11)5-6-15(13,14(18)19)17-9-12-2-1-7-20-12/h3-4,8,12,17H,1-2,5-7,9H2,(H,18,19). The fraction of sp³-hybridized carbons (Fsp3) is 0.533. The van der Waals surface area contributed by atoms with Gasteiger partial charge in [-0.2, -0.15) is 0 Å². The van der Waals surface area contributed by atoms with Crippen molar-refractivity contribution in [2.75, 3.05) is 13.2 Å². The second kappa shape index (κ2) is 5.14. The smallest absolute Gasteiger partial charge is 0.328 e. The van der Waals surface area contributed by atoms with Crippen molar-refractivity contribution in [3.05, 3.63) is 35.1 Å². The number of rotatable bonds is 4. The molecular formula is C15H18FNO3. The van der Waals surface area contributed by atoms with Gasteiger partial charge >= 0.3 is 5.97 Å². The maximum atomic E-state index is 13.3. The molecule has 3 rings (SSSR count). The third-order valence-electron chi connectivity index (χ3n) is 4.32. The van der Waals surface area contributed by atoms with Gasteiger partial charge in [-0.05, 0) is 48.9 Å². The Morgan fingerprint density at radius 2 is 2.40 bits per heavy atom. The number of carbonyl (C=O) groups is 1. The summed E-state index contributed by atoms with van der Waals surface area (Å²) in [6.07, 6.45) is 3.09. The third-order valence-corrected chi connectivity index (χ3v) is 4.32. The van der Waals surface area contributed by atoms with Gasteiger partial charge in [0.05, 0.1) is 6.10 Å². The lowest BCUT2D eigenvalue weighted by atomic mass is 9.91. The largest absolute Gasteiger partial charge is 0.480 e. The van der Waals surface area contributed by atoms with Crippen LogP contribution in [-0.2, 0) is 21.5 Å². The molecule has 1 fully saturated rings. The minimum absolute atomic E-state index is 0.0794. The fourth-order valence-electron chi connectivity index (χ4n) is 3.22. The van der Waals surface area contributed by atoms with Crippen molar-refractivity contribution < 1.29 is 19.0 Å². The number of hydrogen-bond donors (Lipinski definition) is 2. The van der Waals surface area contributed by atoms with E-state index in [1.165, 1.54) is 12.1 Å². The Morgan fingerprint density at radius 3 is 3.10 bits per heavy atom. The van der Waals surface area contributed by atoms with Crippen LogP contribution in [0.4, 0.5) is 4.39 Å². The average molecular weight is 279 g/mol. The Labute approximate surface area is 116 Å². The fourth-order valence-corrected chi connectivity index (χ4v) is 3.22. The Balaban J connectivity index is 1.85. The Hall–Kier alpha value is -1.46. The van der Waals surface area contributed by atoms with Crippen molar-refractivity contribution in [2.24, 2.45) is 0 Å². The SMILES string of the molecule is O=C(O)C1(NCC2CCCO2)CCc2cc(F)ccc21. The van der Waals surface area contributed by atoms with E-state index in [0.29, 0.717) is 24.9 Å². The second-order valence-electron chi connectivity index (χ2n) is 5.53. The highest BCUT2D eigenvalue weighted by Crippen LogP contribution is 2.37. The summed E-state index contributed by atoms with van der Waals surface area (Å²) in [5.74, 6) is -1.22. The van der Waals surface area contributed by atoms with Gasteiger partial charge in [0, 0.05) is 13.2 Å². The van der Waals surface area contributed by atoms with Crippen molar-refractivity contribution in [2.45, 2.75) is 37.3 Å². The summed E-state index contributed by atoms with van der Waals surface area (Å²) in [7, 11) is 0. The van der Waals surface area contributed by atoms with Crippen molar-refractivity contribution in [1.82, 2.24) is 5.32 Å². The number of nitrogens with one attached hydrogen (secondary N) is 1. The number of benzene rings is 1. The molecule has 0 aromatic heterocycles. The quantitative estimate of drug-likeness (QED) is 0.882. The Morgan fingerprint density at radius 1 is 1.55 bits per heavy atom. The minimum Gasteiger partial charge on any atom is -0.480 e. The monoisotopic (exact) mass is 279 g/mol. The molecule has 20 heavy (non-hydrogen) atoms. The molecule has 1 aliphatic carbocycles. The first-order chi connectivity index (χ1) is 9.62. The number of aryl methyl sites for hydroxylation is 1. The van der Waals surface area contributed by atoms with Gasteiger partial charge < -0.3 is 9.84 Å². The number of ether oxygens (including phenoxy) is 1. The van der Waals surface area contributed by atoms with Crippen molar-refractivity contribution >= 4 is 5.97 Å². The molecule has 1 heterocycles. The summed E-state index contributed by atoms with van der Waals surface area (Å²) in [5, 5.41) is 12.8. The van der Waals surface area contributed by atoms with Crippen LogP contribution < -0.4 is 5.32 Å². The average Bonchev–Trinajstić information content (AvgIpc) is 3.03. The summed E-state index contributed by atoms with van der Waals surface area (Å²) in [4.78, 5) is 11.8. The minimum atomic E-state index is -1.10. The molecule has 1 saturated heterocycles. The highest BCUT2D eigenvalue weighted by Gasteiger charge is 2.45. The van der Waals surface area contributed by atoms with Gasteiger partial charge in [0.2, 0.25) is 0 Å². The molecule has 0 amide bonds. The van der Waals surface area contributed by atoms with Gasteiger partial charge in [0.15, 0.2) is 0 Å². The number of hydrogen-bond acceptors (Lipinski definition) is 3. The summed E-state index contributed by atoms with van der Waals surface area (Å²) in [5.41, 5.74) is 0.367. The molecule has 5 heteroatoms. The molecule has 0 spiro atoms. The van der Waals surface area contributed by atoms with Crippen LogP contribution in [0, 0.1) is 5.82 Å². The molecule has 4 nitrogen and oxygen atoms in total. The van der Waals surface area contributed by atoms with E-state index in [2.05, 4.69) is 5.32 Å². The number of carboxylic acid groups (broad SMARTS) is 1. The predicted octanol–water partition coefficient (Wildman–Crippen LogP) is 1.82. The van der Waals surface area contributed by atoms with Crippen LogP contribution in [0.3, 0.4) is 0 Å². The van der Waals surface area contributed by atoms with Crippen LogP contribution in [0.15, 0.2) is 18.2 Å². The van der Waals surface area contributed by atoms with E-state index < -0.39 is 11.5 Å². The first-order valence-electron chi connectivity index (χ1n) is 7.01. The molecule has 0 bridgehead atoms. The van der Waals surface area contributed by atoms with E-state index in [9.17, 15) is 14.3 Å². The maximum Gasteiger partial charge on any atom is 0.328 e. The first-order valence-corrected chi connectivity index (χ1v) is 7.01. The highest BCUT2D eigenvalue weighted by molar-refractivity contribution is 5.82. The zero-order valence-electron chi connectivity index (χ0n) is 11.2. The summed E-state index contributed by atoms with van der Waals surface area (Å²) in [6.45, 7) is 1.26. The lowest BCUT2D eigenvalue weighted by Gasteiger charge is -2.28. The predicted molar refractivity (Wildman–Crippen MR) is 71.0 cm³/mol. The van der Waals surface area contributed by atoms with Gasteiger partial charge in [-0.15, -0.1) is 0 Å². The summed E-state index contributed by atoms with van der Waals surface area (Å²) >= 11 is 0. The van der Waals surface area contributed by atoms with Crippen LogP contribution in [0.2, 0.25) is 0 Å². The number of carboxylic acids is 1. The topological polar surface area (TPSA) is 58.6 Å². The summed E-state index contributed by atoms with van der Waals surface area (Å²) < 4.78 is 18.8. The normalized spacial score (nSPS) is 28.6. The van der Waals surface area contributed by atoms with Crippen molar-refractivity contribution in [3.8, 4) is 0 Å². The number of fused-ring (bicyclic) bond motifs is 1. The van der Waals surface area contributed by atoms with E-state index >= 15 is 0 Å². The van der Waals surface area contributed by atoms with Gasteiger partial charge in [0.25, 0.3) is 0 Å². The van der Waals surface area contributed by atoms with E-state index in [0.717, 1.165) is 25.0 Å². The van der Waals surface area contributed by atoms with Gasteiger partial charge in [-0.3, -0.25) is 5.32 Å². The molecule has 1 aromatic carbocycles. The maximum absolute atomic E-state index is 13.3. The van der Waals surface area contributed by atoms with Crippen LogP contribution in [0.1, 0.15) is 30.4 Å². The van der Waals surface area contributed by atoms with Gasteiger partial charge in [-0.25, -0.2) is 9.18 Å². The zero-order chi connectivity index (χ0) is 14.2. The molecule has 0 radical (unpaired) electrons. The number of aliphatic carboxylic acids is 1. The zero-order valence-corrected chi connectivity index (χ0v) is 11.2. The van der Waals surface area contributed by atoms with Crippen LogP contribution in [0.25, 0.3) is 0 Å². The molecule has 1 aliphatic heterocycles. The van der Waals surface area contributed by atoms with Crippen LogP contribution >= 0.6 is 0 Å². The first kappa shape index (κ1) is 13.5. The van der Waals surface area contributed by atoms with E-state index in [4.69, 9.17) is 4.74 Å². The van der Waals surface area contributed by atoms with Gasteiger partial charge in [0.1, 0.15) is 11.4 Å². The number of halogens is 1. The molecule has 0 saturated carbocycles. The molecule has 1 aromatic rings. The van der Waals surface area contributed by atoms with E-state index in [-0.39, 0.29) is 11.9 Å². The van der Waals surface area contributed by atoms with E-state index in [1.807, 2.05) is 0 Å². The van der Waals surface area contributed by atoms with Crippen LogP contribution in [0.5, 0.6) is 0 Å². The lowest BCUT2D eigenvalue weighted by molar-refractivity contribution is -0.145. The molecule has 2 N–H and O–H groups in total. The lowest BCUT2D eigenvalue weighted by Crippen LogP contribution is -2.50. The molecule has 108 valence electrons. The molecule has 2 aliphatic rings. The van der Waals surface area contributed by atoms with E-state index in [1.54, 1.807) is 6.07 Å². The Kier molecular flexibility index (Phi) is 3.48. The summed E-state index contributed by atoms with van der Waals surface area (Å²) in [6, 6.07) is 4.36. The molecule has 2 unspecified atom stereocenters. The van der Waals surface area contributed by atoms with Crippen LogP contribution in [-0.4, -0.2) is 30.3 Å². The van der Waals surface area contributed by atoms with Crippen molar-refractivity contribution in [1.29, 1.82) is 0 Å². The van der Waals surface area contributed by atoms with Gasteiger partial charge in [-0.1, -0.05) is 6.07 Å². The molecular weight excluding hydrogens is 261 g/mol. The molecule has 2 atom stereocenters. The Bertz CT molecular complexity index is 528. The third kappa shape index (κ3) is 2.21.